The van der Waals surface area contributed by atoms with Gasteiger partial charge < -0.3 is 9.64 Å². The summed E-state index contributed by atoms with van der Waals surface area (Å²) < 4.78 is 5.44. The Balaban J connectivity index is 2.01. The van der Waals surface area contributed by atoms with Gasteiger partial charge in [0.05, 0.1) is 0 Å². The number of nitrogens with zero attached hydrogens (tertiary/aromatic N) is 1. The molecule has 92 valence electrons. The second-order valence-corrected chi connectivity index (χ2v) is 6.41. The molecule has 0 aromatic rings. The van der Waals surface area contributed by atoms with E-state index >= 15 is 0 Å². The van der Waals surface area contributed by atoms with Crippen molar-refractivity contribution in [3.05, 3.63) is 0 Å². The molecule has 0 spiro atoms. The second kappa shape index (κ2) is 3.64. The van der Waals surface area contributed by atoms with Crippen molar-refractivity contribution in [1.29, 1.82) is 0 Å². The maximum Gasteiger partial charge on any atom is 0.410 e. The molecule has 0 radical (unpaired) electrons. The zero-order valence-corrected chi connectivity index (χ0v) is 11.0. The van der Waals surface area contributed by atoms with Crippen LogP contribution in [-0.4, -0.2) is 29.2 Å². The lowest BCUT2D eigenvalue weighted by atomic mass is 9.88. The number of ether oxygens (including phenoxy) is 1. The van der Waals surface area contributed by atoms with Crippen LogP contribution in [0.4, 0.5) is 4.79 Å². The first-order chi connectivity index (χ1) is 7.29. The number of piperidine rings is 1. The van der Waals surface area contributed by atoms with E-state index < -0.39 is 0 Å². The van der Waals surface area contributed by atoms with Crippen LogP contribution in [0.5, 0.6) is 0 Å². The number of likely N-dealkylation sites (tertiary alicyclic amines) is 1. The standard InChI is InChI=1S/C13H23NO2/c1-8-9(2)11-6-10(8)7-14(11)12(15)16-13(3,4)5/h8-11H,6-7H2,1-5H3. The molecule has 0 aromatic carbocycles. The van der Waals surface area contributed by atoms with Gasteiger partial charge in [-0.15, -0.1) is 0 Å². The summed E-state index contributed by atoms with van der Waals surface area (Å²) in [5.74, 6) is 2.06. The molecule has 4 atom stereocenters. The molecule has 2 bridgehead atoms. The topological polar surface area (TPSA) is 29.5 Å². The van der Waals surface area contributed by atoms with Crippen molar-refractivity contribution in [3.63, 3.8) is 0 Å². The van der Waals surface area contributed by atoms with Gasteiger partial charge in [-0.3, -0.25) is 0 Å². The molecule has 3 heteroatoms. The maximum absolute atomic E-state index is 12.0. The number of rotatable bonds is 0. The highest BCUT2D eigenvalue weighted by Crippen LogP contribution is 2.46. The van der Waals surface area contributed by atoms with Crippen LogP contribution >= 0.6 is 0 Å². The summed E-state index contributed by atoms with van der Waals surface area (Å²) >= 11 is 0. The molecule has 16 heavy (non-hydrogen) atoms. The van der Waals surface area contributed by atoms with Gasteiger partial charge in [0.25, 0.3) is 0 Å². The van der Waals surface area contributed by atoms with E-state index in [0.29, 0.717) is 17.9 Å². The molecule has 1 amide bonds. The Labute approximate surface area is 98.1 Å². The minimum absolute atomic E-state index is 0.126. The van der Waals surface area contributed by atoms with Crippen molar-refractivity contribution in [1.82, 2.24) is 4.90 Å². The van der Waals surface area contributed by atoms with Crippen LogP contribution in [0.15, 0.2) is 0 Å². The second-order valence-electron chi connectivity index (χ2n) is 6.41. The SMILES string of the molecule is CC1C2CC(C1C)N(C(=O)OC(C)(C)C)C2. The molecule has 1 saturated heterocycles. The Kier molecular flexibility index (Phi) is 2.67. The van der Waals surface area contributed by atoms with Gasteiger partial charge >= 0.3 is 6.09 Å². The third-order valence-electron chi connectivity index (χ3n) is 4.18. The molecular formula is C13H23NO2. The fraction of sp³-hybridized carbons (Fsp3) is 0.923. The van der Waals surface area contributed by atoms with E-state index in [1.54, 1.807) is 0 Å². The number of carbonyl (C=O) groups is 1. The van der Waals surface area contributed by atoms with Crippen molar-refractivity contribution in [2.24, 2.45) is 17.8 Å². The van der Waals surface area contributed by atoms with Gasteiger partial charge in [-0.05, 0) is 44.9 Å². The van der Waals surface area contributed by atoms with Gasteiger partial charge in [0.2, 0.25) is 0 Å². The summed E-state index contributed by atoms with van der Waals surface area (Å²) in [5.41, 5.74) is -0.381. The summed E-state index contributed by atoms with van der Waals surface area (Å²) in [6.07, 6.45) is 1.04. The lowest BCUT2D eigenvalue weighted by Gasteiger charge is -2.36. The van der Waals surface area contributed by atoms with Crippen molar-refractivity contribution in [2.45, 2.75) is 52.7 Å². The predicted octanol–water partition coefficient (Wildman–Crippen LogP) is 2.90. The minimum Gasteiger partial charge on any atom is -0.444 e. The molecule has 0 aromatic heterocycles. The van der Waals surface area contributed by atoms with Crippen LogP contribution in [0.3, 0.4) is 0 Å². The molecule has 1 aliphatic heterocycles. The molecular weight excluding hydrogens is 202 g/mol. The van der Waals surface area contributed by atoms with Crippen molar-refractivity contribution >= 4 is 6.09 Å². The summed E-state index contributed by atoms with van der Waals surface area (Å²) in [6.45, 7) is 11.2. The summed E-state index contributed by atoms with van der Waals surface area (Å²) in [6, 6.07) is 0.412. The van der Waals surface area contributed by atoms with E-state index in [4.69, 9.17) is 4.74 Å². The number of hydrogen-bond acceptors (Lipinski definition) is 2. The summed E-state index contributed by atoms with van der Waals surface area (Å²) in [4.78, 5) is 14.0. The van der Waals surface area contributed by atoms with Gasteiger partial charge in [0, 0.05) is 12.6 Å². The summed E-state index contributed by atoms with van der Waals surface area (Å²) in [5, 5.41) is 0. The number of carbonyl (C=O) groups excluding carboxylic acids is 1. The first-order valence-corrected chi connectivity index (χ1v) is 6.29. The first-order valence-electron chi connectivity index (χ1n) is 6.29. The maximum atomic E-state index is 12.0. The third-order valence-corrected chi connectivity index (χ3v) is 4.18. The van der Waals surface area contributed by atoms with E-state index in [-0.39, 0.29) is 11.7 Å². The smallest absolute Gasteiger partial charge is 0.410 e. The quantitative estimate of drug-likeness (QED) is 0.634. The normalized spacial score (nSPS) is 37.9. The Hall–Kier alpha value is -0.730. The van der Waals surface area contributed by atoms with Crippen LogP contribution in [0.25, 0.3) is 0 Å². The van der Waals surface area contributed by atoms with Crippen LogP contribution in [0, 0.1) is 17.8 Å². The average molecular weight is 225 g/mol. The van der Waals surface area contributed by atoms with Crippen LogP contribution in [0.1, 0.15) is 41.0 Å². The Morgan fingerprint density at radius 1 is 1.25 bits per heavy atom. The van der Waals surface area contributed by atoms with E-state index in [1.807, 2.05) is 25.7 Å². The van der Waals surface area contributed by atoms with Crippen molar-refractivity contribution in [3.8, 4) is 0 Å². The van der Waals surface area contributed by atoms with Gasteiger partial charge in [0.1, 0.15) is 5.60 Å². The lowest BCUT2D eigenvalue weighted by Crippen LogP contribution is -2.46. The highest BCUT2D eigenvalue weighted by atomic mass is 16.6. The third kappa shape index (κ3) is 1.92. The average Bonchev–Trinajstić information content (AvgIpc) is 2.65. The van der Waals surface area contributed by atoms with Crippen LogP contribution < -0.4 is 0 Å². The van der Waals surface area contributed by atoms with Gasteiger partial charge in [-0.1, -0.05) is 13.8 Å². The van der Waals surface area contributed by atoms with Gasteiger partial charge in [0.15, 0.2) is 0 Å². The Morgan fingerprint density at radius 2 is 1.88 bits per heavy atom. The van der Waals surface area contributed by atoms with E-state index in [1.165, 1.54) is 6.42 Å². The zero-order valence-electron chi connectivity index (χ0n) is 11.0. The fourth-order valence-corrected chi connectivity index (χ4v) is 3.09. The monoisotopic (exact) mass is 225 g/mol. The molecule has 2 rings (SSSR count). The van der Waals surface area contributed by atoms with E-state index in [9.17, 15) is 4.79 Å². The predicted molar refractivity (Wildman–Crippen MR) is 63.2 cm³/mol. The Morgan fingerprint density at radius 3 is 2.31 bits per heavy atom. The van der Waals surface area contributed by atoms with Gasteiger partial charge in [-0.25, -0.2) is 4.79 Å². The highest BCUT2D eigenvalue weighted by Gasteiger charge is 2.50. The highest BCUT2D eigenvalue weighted by molar-refractivity contribution is 5.69. The first kappa shape index (κ1) is 11.7. The van der Waals surface area contributed by atoms with Crippen molar-refractivity contribution in [2.75, 3.05) is 6.54 Å². The number of amides is 1. The van der Waals surface area contributed by atoms with Crippen LogP contribution in [-0.2, 0) is 4.74 Å². The lowest BCUT2D eigenvalue weighted by molar-refractivity contribution is 0.00965. The Bertz CT molecular complexity index is 293. The molecule has 2 aliphatic rings. The zero-order chi connectivity index (χ0) is 12.1. The van der Waals surface area contributed by atoms with E-state index in [0.717, 1.165) is 12.5 Å². The van der Waals surface area contributed by atoms with Crippen molar-refractivity contribution < 1.29 is 9.53 Å². The molecule has 1 heterocycles. The molecule has 3 nitrogen and oxygen atoms in total. The van der Waals surface area contributed by atoms with E-state index in [2.05, 4.69) is 13.8 Å². The number of hydrogen-bond donors (Lipinski definition) is 0. The largest absolute Gasteiger partial charge is 0.444 e. The minimum atomic E-state index is -0.381. The van der Waals surface area contributed by atoms with Gasteiger partial charge in [-0.2, -0.15) is 0 Å². The molecule has 2 fully saturated rings. The summed E-state index contributed by atoms with van der Waals surface area (Å²) in [7, 11) is 0. The molecule has 4 unspecified atom stereocenters. The van der Waals surface area contributed by atoms with Crippen LogP contribution in [0.2, 0.25) is 0 Å². The number of fused-ring (bicyclic) bond motifs is 2. The molecule has 1 saturated carbocycles. The molecule has 0 N–H and O–H groups in total. The molecule has 1 aliphatic carbocycles. The fourth-order valence-electron chi connectivity index (χ4n) is 3.09.